The number of hydrogen-bond acceptors (Lipinski definition) is 9. The highest BCUT2D eigenvalue weighted by atomic mass is 32.1. The zero-order valence-corrected chi connectivity index (χ0v) is 42.8. The van der Waals surface area contributed by atoms with Gasteiger partial charge in [0.2, 0.25) is 0 Å². The SMILES string of the molecule is Cc1ccc(C2(c3ccc(C)cc3)c3cc(-c4nc5sc(C)nc5s4)ccc3-c3cc4c(cc32)-c2cc3cc(-c5nc6sc(C)nc6s5)sc3cc2C4(c2ccc(C)cc2)c2ccc(C)cc2)cc1. The third-order valence-electron chi connectivity index (χ3n) is 14.6. The van der Waals surface area contributed by atoms with Crippen LogP contribution in [0.15, 0.2) is 146 Å². The lowest BCUT2D eigenvalue weighted by molar-refractivity contribution is 0.758. The number of aryl methyl sites for hydroxylation is 6. The number of benzene rings is 7. The fraction of sp³-hybridized carbons (Fsp3) is 0.133. The molecule has 332 valence electrons. The van der Waals surface area contributed by atoms with E-state index in [2.05, 4.69) is 187 Å². The molecule has 0 radical (unpaired) electrons. The molecule has 5 heterocycles. The van der Waals surface area contributed by atoms with Crippen LogP contribution in [0, 0.1) is 41.5 Å². The first kappa shape index (κ1) is 41.5. The van der Waals surface area contributed by atoms with Crippen molar-refractivity contribution in [2.24, 2.45) is 0 Å². The zero-order chi connectivity index (χ0) is 46.5. The van der Waals surface area contributed by atoms with Crippen LogP contribution in [0.1, 0.15) is 76.8 Å². The lowest BCUT2D eigenvalue weighted by atomic mass is 9.65. The van der Waals surface area contributed by atoms with E-state index in [1.165, 1.54) is 104 Å². The topological polar surface area (TPSA) is 51.6 Å². The molecule has 0 aliphatic heterocycles. The Morgan fingerprint density at radius 2 is 0.739 bits per heavy atom. The predicted octanol–water partition coefficient (Wildman–Crippen LogP) is 16.9. The second kappa shape index (κ2) is 15.0. The minimum Gasteiger partial charge on any atom is -0.229 e. The number of fused-ring (bicyclic) bond motifs is 9. The molecule has 0 unspecified atom stereocenters. The van der Waals surface area contributed by atoms with E-state index < -0.39 is 10.8 Å². The van der Waals surface area contributed by atoms with Gasteiger partial charge in [0.25, 0.3) is 0 Å². The Hall–Kier alpha value is -6.46. The van der Waals surface area contributed by atoms with Gasteiger partial charge in [0.05, 0.1) is 25.7 Å². The molecular formula is C60H42N4S5. The molecule has 0 amide bonds. The van der Waals surface area contributed by atoms with Crippen LogP contribution in [0.2, 0.25) is 0 Å². The number of hydrogen-bond donors (Lipinski definition) is 0. The Labute approximate surface area is 420 Å². The van der Waals surface area contributed by atoms with E-state index in [1.54, 1.807) is 45.3 Å². The van der Waals surface area contributed by atoms with E-state index in [9.17, 15) is 0 Å². The summed E-state index contributed by atoms with van der Waals surface area (Å²) in [5.74, 6) is 0. The average molecular weight is 979 g/mol. The number of thiophene rings is 1. The van der Waals surface area contributed by atoms with Gasteiger partial charge in [0.15, 0.2) is 19.3 Å². The van der Waals surface area contributed by atoms with E-state index in [0.717, 1.165) is 44.9 Å². The van der Waals surface area contributed by atoms with Gasteiger partial charge in [-0.1, -0.05) is 177 Å². The van der Waals surface area contributed by atoms with Crippen molar-refractivity contribution in [3.8, 4) is 42.7 Å². The highest BCUT2D eigenvalue weighted by molar-refractivity contribution is 7.31. The highest BCUT2D eigenvalue weighted by Crippen LogP contribution is 2.64. The Kier molecular flexibility index (Phi) is 9.04. The van der Waals surface area contributed by atoms with Crippen LogP contribution in [0.25, 0.3) is 72.1 Å². The number of thiazole rings is 4. The molecule has 2 aliphatic carbocycles. The standard InChI is InChI=1S/C60H42N4S5/c1-31-7-16-39(17-8-31)59(40-18-9-32(2)10-19-40)47-26-37(53-63-57-55(68-53)61-35(5)65-57)15-24-43(47)45-28-49-46(29-48(45)59)44-25-38-27-52(54-64-58-56(69-54)62-36(6)66-58)67-51(38)30-50(44)60(49,41-20-11-33(3)12-21-41)42-22-13-34(4)14-23-42/h7-30H,1-6H3. The second-order valence-corrected chi connectivity index (χ2v) is 24.3. The summed E-state index contributed by atoms with van der Waals surface area (Å²) in [5, 5.41) is 5.37. The van der Waals surface area contributed by atoms with Crippen LogP contribution < -0.4 is 0 Å². The first-order valence-electron chi connectivity index (χ1n) is 23.2. The van der Waals surface area contributed by atoms with E-state index >= 15 is 0 Å². The minimum absolute atomic E-state index is 0.610. The molecule has 0 bridgehead atoms. The van der Waals surface area contributed by atoms with Gasteiger partial charge in [-0.15, -0.1) is 11.3 Å². The summed E-state index contributed by atoms with van der Waals surface area (Å²) < 4.78 is 1.26. The fourth-order valence-electron chi connectivity index (χ4n) is 11.4. The van der Waals surface area contributed by atoms with E-state index in [-0.39, 0.29) is 0 Å². The molecule has 0 N–H and O–H groups in total. The van der Waals surface area contributed by atoms with E-state index in [4.69, 9.17) is 19.9 Å². The van der Waals surface area contributed by atoms with E-state index in [1.807, 2.05) is 11.3 Å². The maximum absolute atomic E-state index is 5.20. The van der Waals surface area contributed by atoms with Crippen molar-refractivity contribution in [2.45, 2.75) is 52.4 Å². The summed E-state index contributed by atoms with van der Waals surface area (Å²) in [5.41, 5.74) is 20.1. The Morgan fingerprint density at radius 1 is 0.333 bits per heavy atom. The third-order valence-corrected chi connectivity index (χ3v) is 19.8. The van der Waals surface area contributed by atoms with Gasteiger partial charge in [-0.3, -0.25) is 0 Å². The molecule has 69 heavy (non-hydrogen) atoms. The molecule has 0 atom stereocenters. The van der Waals surface area contributed by atoms with Crippen molar-refractivity contribution >= 4 is 86.1 Å². The van der Waals surface area contributed by atoms with Gasteiger partial charge in [-0.05, 0) is 150 Å². The van der Waals surface area contributed by atoms with Crippen LogP contribution in [-0.2, 0) is 10.8 Å². The van der Waals surface area contributed by atoms with Crippen molar-refractivity contribution in [3.05, 3.63) is 222 Å². The van der Waals surface area contributed by atoms with Crippen molar-refractivity contribution in [3.63, 3.8) is 0 Å². The highest BCUT2D eigenvalue weighted by Gasteiger charge is 2.52. The van der Waals surface area contributed by atoms with E-state index in [0.29, 0.717) is 0 Å². The summed E-state index contributed by atoms with van der Waals surface area (Å²) in [4.78, 5) is 25.2. The molecule has 14 rings (SSSR count). The molecule has 9 heteroatoms. The van der Waals surface area contributed by atoms with Gasteiger partial charge in [0.1, 0.15) is 10.0 Å². The molecule has 2 aliphatic rings. The number of rotatable bonds is 6. The summed E-state index contributed by atoms with van der Waals surface area (Å²) in [7, 11) is 0. The second-order valence-electron chi connectivity index (χ2n) is 18.9. The minimum atomic E-state index is -0.635. The van der Waals surface area contributed by atoms with Crippen molar-refractivity contribution in [1.82, 2.24) is 19.9 Å². The first-order chi connectivity index (χ1) is 33.5. The van der Waals surface area contributed by atoms with Gasteiger partial charge >= 0.3 is 0 Å². The average Bonchev–Trinajstić information content (AvgIpc) is 4.22. The first-order valence-corrected chi connectivity index (χ1v) is 27.3. The zero-order valence-electron chi connectivity index (χ0n) is 38.7. The molecule has 12 aromatic rings. The summed E-state index contributed by atoms with van der Waals surface area (Å²) >= 11 is 8.57. The summed E-state index contributed by atoms with van der Waals surface area (Å²) in [6, 6.07) is 57.0. The normalized spacial score (nSPS) is 14.2. The third kappa shape index (κ3) is 6.01. The van der Waals surface area contributed by atoms with Crippen molar-refractivity contribution in [2.75, 3.05) is 0 Å². The maximum Gasteiger partial charge on any atom is 0.155 e. The molecule has 5 aromatic heterocycles. The van der Waals surface area contributed by atoms with Gasteiger partial charge in [-0.25, -0.2) is 19.9 Å². The molecular weight excluding hydrogens is 937 g/mol. The maximum atomic E-state index is 5.20. The fourth-order valence-corrected chi connectivity index (χ4v) is 16.4. The largest absolute Gasteiger partial charge is 0.229 e. The van der Waals surface area contributed by atoms with Crippen LogP contribution in [0.5, 0.6) is 0 Å². The lowest BCUT2D eigenvalue weighted by Gasteiger charge is -2.36. The van der Waals surface area contributed by atoms with Crippen molar-refractivity contribution in [1.29, 1.82) is 0 Å². The predicted molar refractivity (Wildman–Crippen MR) is 293 cm³/mol. The van der Waals surface area contributed by atoms with Crippen LogP contribution in [-0.4, -0.2) is 19.9 Å². The Balaban J connectivity index is 1.10. The molecule has 0 saturated carbocycles. The molecule has 7 aromatic carbocycles. The molecule has 4 nitrogen and oxygen atoms in total. The summed E-state index contributed by atoms with van der Waals surface area (Å²) in [6.07, 6.45) is 0. The Bertz CT molecular complexity index is 3910. The molecule has 0 spiro atoms. The van der Waals surface area contributed by atoms with Gasteiger partial charge in [0, 0.05) is 10.3 Å². The Morgan fingerprint density at radius 3 is 1.23 bits per heavy atom. The van der Waals surface area contributed by atoms with Crippen LogP contribution >= 0.6 is 56.7 Å². The van der Waals surface area contributed by atoms with Crippen molar-refractivity contribution < 1.29 is 0 Å². The lowest BCUT2D eigenvalue weighted by Crippen LogP contribution is -2.30. The molecule has 0 saturated heterocycles. The van der Waals surface area contributed by atoms with Crippen LogP contribution in [0.4, 0.5) is 0 Å². The van der Waals surface area contributed by atoms with Gasteiger partial charge < -0.3 is 0 Å². The smallest absolute Gasteiger partial charge is 0.155 e. The summed E-state index contributed by atoms with van der Waals surface area (Å²) in [6.45, 7) is 12.9. The van der Waals surface area contributed by atoms with Crippen LogP contribution in [0.3, 0.4) is 0 Å². The van der Waals surface area contributed by atoms with Gasteiger partial charge in [-0.2, -0.15) is 0 Å². The number of nitrogens with zero attached hydrogens (tertiary/aromatic N) is 4. The number of aromatic nitrogens is 4. The quantitative estimate of drug-likeness (QED) is 0.167. The molecule has 0 fully saturated rings. The monoisotopic (exact) mass is 978 g/mol.